The minimum atomic E-state index is -0.152. The van der Waals surface area contributed by atoms with Crippen LogP contribution in [0.25, 0.3) is 0 Å². The van der Waals surface area contributed by atoms with Crippen molar-refractivity contribution in [3.8, 4) is 0 Å². The van der Waals surface area contributed by atoms with Crippen LogP contribution in [-0.4, -0.2) is 10.5 Å². The molecule has 1 aliphatic rings. The number of rotatable bonds is 4. The topological polar surface area (TPSA) is 9.23 Å². The van der Waals surface area contributed by atoms with E-state index >= 15 is 0 Å². The molecule has 1 aliphatic carbocycles. The highest BCUT2D eigenvalue weighted by Gasteiger charge is 2.27. The molecule has 0 aromatic heterocycles. The second-order valence-corrected chi connectivity index (χ2v) is 6.72. The summed E-state index contributed by atoms with van der Waals surface area (Å²) < 4.78 is 20.8. The van der Waals surface area contributed by atoms with E-state index in [9.17, 15) is 4.39 Å². The fraction of sp³-hybridized carbons (Fsp3) is 0.625. The predicted molar refractivity (Wildman–Crippen MR) is 85.1 cm³/mol. The van der Waals surface area contributed by atoms with Crippen LogP contribution in [0.1, 0.15) is 44.8 Å². The minimum Gasteiger partial charge on any atom is -0.369 e. The Morgan fingerprint density at radius 3 is 2.42 bits per heavy atom. The Morgan fingerprint density at radius 1 is 1.21 bits per heavy atom. The van der Waals surface area contributed by atoms with E-state index in [1.165, 1.54) is 12.5 Å². The highest BCUT2D eigenvalue weighted by Crippen LogP contribution is 2.34. The van der Waals surface area contributed by atoms with E-state index < -0.39 is 0 Å². The van der Waals surface area contributed by atoms with E-state index in [4.69, 9.17) is 4.74 Å². The number of hydrogen-bond donors (Lipinski definition) is 0. The van der Waals surface area contributed by atoms with Crippen LogP contribution in [0.3, 0.4) is 0 Å². The fourth-order valence-electron chi connectivity index (χ4n) is 3.15. The summed E-state index contributed by atoms with van der Waals surface area (Å²) in [7, 11) is 0. The van der Waals surface area contributed by atoms with Crippen molar-refractivity contribution in [2.45, 2.75) is 45.3 Å². The summed E-state index contributed by atoms with van der Waals surface area (Å²) in [5, 5.41) is 0. The maximum atomic E-state index is 13.9. The summed E-state index contributed by atoms with van der Waals surface area (Å²) >= 11 is 2.28. The largest absolute Gasteiger partial charge is 0.369 e. The molecule has 106 valence electrons. The van der Waals surface area contributed by atoms with E-state index in [1.54, 1.807) is 6.07 Å². The molecule has 0 saturated heterocycles. The molecule has 3 atom stereocenters. The molecule has 1 aromatic rings. The summed E-state index contributed by atoms with van der Waals surface area (Å²) in [5.41, 5.74) is 0.697. The van der Waals surface area contributed by atoms with Gasteiger partial charge in [0.2, 0.25) is 0 Å². The lowest BCUT2D eigenvalue weighted by atomic mass is 9.81. The molecule has 0 radical (unpaired) electrons. The van der Waals surface area contributed by atoms with Gasteiger partial charge in [-0.1, -0.05) is 54.6 Å². The van der Waals surface area contributed by atoms with Crippen molar-refractivity contribution in [1.29, 1.82) is 0 Å². The summed E-state index contributed by atoms with van der Waals surface area (Å²) in [6.45, 7) is 4.57. The van der Waals surface area contributed by atoms with E-state index in [0.29, 0.717) is 17.4 Å². The molecule has 1 nitrogen and oxygen atoms in total. The molecule has 3 unspecified atom stereocenters. The van der Waals surface area contributed by atoms with Crippen molar-refractivity contribution < 1.29 is 9.13 Å². The van der Waals surface area contributed by atoms with Crippen LogP contribution in [0.5, 0.6) is 0 Å². The maximum absolute atomic E-state index is 13.9. The SMILES string of the molecule is CC1CC(C)CC(OC(CI)c2ccccc2F)C1. The van der Waals surface area contributed by atoms with Crippen LogP contribution in [0.15, 0.2) is 24.3 Å². The van der Waals surface area contributed by atoms with Gasteiger partial charge in [0.1, 0.15) is 5.82 Å². The summed E-state index contributed by atoms with van der Waals surface area (Å²) in [4.78, 5) is 0. The first-order chi connectivity index (χ1) is 9.10. The van der Waals surface area contributed by atoms with E-state index in [0.717, 1.165) is 17.3 Å². The van der Waals surface area contributed by atoms with Crippen molar-refractivity contribution in [3.05, 3.63) is 35.6 Å². The van der Waals surface area contributed by atoms with Crippen LogP contribution >= 0.6 is 22.6 Å². The van der Waals surface area contributed by atoms with Gasteiger partial charge in [-0.15, -0.1) is 0 Å². The van der Waals surface area contributed by atoms with Gasteiger partial charge in [-0.2, -0.15) is 0 Å². The van der Waals surface area contributed by atoms with Crippen molar-refractivity contribution in [2.24, 2.45) is 11.8 Å². The highest BCUT2D eigenvalue weighted by molar-refractivity contribution is 14.1. The second kappa shape index (κ2) is 7.02. The monoisotopic (exact) mass is 376 g/mol. The third-order valence-corrected chi connectivity index (χ3v) is 4.68. The van der Waals surface area contributed by atoms with Crippen LogP contribution in [-0.2, 0) is 4.74 Å². The first-order valence-corrected chi connectivity index (χ1v) is 8.58. The van der Waals surface area contributed by atoms with Crippen LogP contribution < -0.4 is 0 Å². The number of ether oxygens (including phenoxy) is 1. The Bertz CT molecular complexity index is 399. The van der Waals surface area contributed by atoms with Crippen molar-refractivity contribution >= 4 is 22.6 Å². The number of alkyl halides is 1. The zero-order chi connectivity index (χ0) is 13.8. The van der Waals surface area contributed by atoms with Gasteiger partial charge in [0.25, 0.3) is 0 Å². The molecule has 3 heteroatoms. The van der Waals surface area contributed by atoms with Crippen LogP contribution in [0.2, 0.25) is 0 Å². The van der Waals surface area contributed by atoms with Gasteiger partial charge >= 0.3 is 0 Å². The standard InChI is InChI=1S/C16H22FIO/c1-11-7-12(2)9-13(8-11)19-16(10-18)14-5-3-4-6-15(14)17/h3-6,11-13,16H,7-10H2,1-2H3. The summed E-state index contributed by atoms with van der Waals surface area (Å²) in [6, 6.07) is 6.97. The molecule has 0 spiro atoms. The Hall–Kier alpha value is -0.160. The van der Waals surface area contributed by atoms with Gasteiger partial charge in [-0.3, -0.25) is 0 Å². The molecule has 19 heavy (non-hydrogen) atoms. The average molecular weight is 376 g/mol. The molecule has 0 heterocycles. The lowest BCUT2D eigenvalue weighted by molar-refractivity contribution is -0.0406. The number of benzene rings is 1. The van der Waals surface area contributed by atoms with Crippen molar-refractivity contribution in [2.75, 3.05) is 4.43 Å². The summed E-state index contributed by atoms with van der Waals surface area (Å²) in [6.07, 6.45) is 3.65. The zero-order valence-electron chi connectivity index (χ0n) is 11.6. The van der Waals surface area contributed by atoms with Crippen LogP contribution in [0.4, 0.5) is 4.39 Å². The fourth-order valence-corrected chi connectivity index (χ4v) is 3.83. The Balaban J connectivity index is 2.05. The molecule has 0 N–H and O–H groups in total. The van der Waals surface area contributed by atoms with Gasteiger partial charge in [-0.25, -0.2) is 4.39 Å². The maximum Gasteiger partial charge on any atom is 0.129 e. The van der Waals surface area contributed by atoms with Gasteiger partial charge in [0.15, 0.2) is 0 Å². The van der Waals surface area contributed by atoms with E-state index in [1.807, 2.05) is 12.1 Å². The van der Waals surface area contributed by atoms with E-state index in [-0.39, 0.29) is 18.0 Å². The quantitative estimate of drug-likeness (QED) is 0.522. The van der Waals surface area contributed by atoms with Gasteiger partial charge in [-0.05, 0) is 37.2 Å². The molecule has 1 saturated carbocycles. The molecule has 0 aliphatic heterocycles. The van der Waals surface area contributed by atoms with Gasteiger partial charge in [0.05, 0.1) is 12.2 Å². The molecular formula is C16H22FIO. The zero-order valence-corrected chi connectivity index (χ0v) is 13.8. The Kier molecular flexibility index (Phi) is 5.63. The first-order valence-electron chi connectivity index (χ1n) is 7.06. The van der Waals surface area contributed by atoms with Crippen LogP contribution in [0, 0.1) is 17.7 Å². The molecule has 1 aromatic carbocycles. The van der Waals surface area contributed by atoms with Crippen molar-refractivity contribution in [3.63, 3.8) is 0 Å². The molecule has 1 fully saturated rings. The molecule has 0 bridgehead atoms. The first kappa shape index (κ1) is 15.2. The third-order valence-electron chi connectivity index (χ3n) is 3.88. The van der Waals surface area contributed by atoms with Gasteiger partial charge in [0, 0.05) is 9.99 Å². The molecule has 0 amide bonds. The van der Waals surface area contributed by atoms with E-state index in [2.05, 4.69) is 36.4 Å². The average Bonchev–Trinajstić information content (AvgIpc) is 2.36. The second-order valence-electron chi connectivity index (χ2n) is 5.84. The smallest absolute Gasteiger partial charge is 0.129 e. The lowest BCUT2D eigenvalue weighted by Crippen LogP contribution is -2.28. The lowest BCUT2D eigenvalue weighted by Gasteiger charge is -2.33. The molecular weight excluding hydrogens is 354 g/mol. The summed E-state index contributed by atoms with van der Waals surface area (Å²) in [5.74, 6) is 1.27. The normalized spacial score (nSPS) is 29.2. The highest BCUT2D eigenvalue weighted by atomic mass is 127. The Labute approximate surface area is 129 Å². The molecule has 2 rings (SSSR count). The van der Waals surface area contributed by atoms with Gasteiger partial charge < -0.3 is 4.74 Å². The third kappa shape index (κ3) is 4.15. The number of halogens is 2. The minimum absolute atomic E-state index is 0.121. The number of hydrogen-bond acceptors (Lipinski definition) is 1. The van der Waals surface area contributed by atoms with Crippen molar-refractivity contribution in [1.82, 2.24) is 0 Å². The Morgan fingerprint density at radius 2 is 1.84 bits per heavy atom. The predicted octanol–water partition coefficient (Wildman–Crippen LogP) is 5.14.